The van der Waals surface area contributed by atoms with Crippen LogP contribution in [0.2, 0.25) is 5.02 Å². The number of carbonyl (C=O) groups is 1. The van der Waals surface area contributed by atoms with Crippen molar-refractivity contribution in [1.82, 2.24) is 9.88 Å². The number of aryl methyl sites for hydroxylation is 1. The highest BCUT2D eigenvalue weighted by Gasteiger charge is 2.13. The second-order valence-electron chi connectivity index (χ2n) is 5.98. The number of halogens is 2. The van der Waals surface area contributed by atoms with Gasteiger partial charge in [-0.2, -0.15) is 0 Å². The minimum Gasteiger partial charge on any atom is -0.441 e. The molecule has 0 aliphatic carbocycles. The van der Waals surface area contributed by atoms with Crippen molar-refractivity contribution in [2.45, 2.75) is 19.4 Å². The number of aromatic nitrogens is 1. The van der Waals surface area contributed by atoms with Crippen molar-refractivity contribution in [2.24, 2.45) is 0 Å². The minimum atomic E-state index is -0.310. The van der Waals surface area contributed by atoms with Crippen molar-refractivity contribution in [3.05, 3.63) is 77.0 Å². The largest absolute Gasteiger partial charge is 0.441 e. The fourth-order valence-electron chi connectivity index (χ4n) is 2.61. The molecular formula is C20H18ClFN2O2. The smallest absolute Gasteiger partial charge is 0.223 e. The number of hydrogen-bond acceptors (Lipinski definition) is 3. The summed E-state index contributed by atoms with van der Waals surface area (Å²) >= 11 is 6.15. The number of rotatable bonds is 6. The lowest BCUT2D eigenvalue weighted by Crippen LogP contribution is -2.26. The van der Waals surface area contributed by atoms with Crippen LogP contribution < -0.4 is 0 Å². The van der Waals surface area contributed by atoms with Gasteiger partial charge in [-0.3, -0.25) is 4.79 Å². The van der Waals surface area contributed by atoms with Crippen molar-refractivity contribution in [3.63, 3.8) is 0 Å². The predicted octanol–water partition coefficient (Wildman–Crippen LogP) is 4.73. The highest BCUT2D eigenvalue weighted by Crippen LogP contribution is 2.28. The lowest BCUT2D eigenvalue weighted by molar-refractivity contribution is -0.130. The van der Waals surface area contributed by atoms with E-state index in [1.54, 1.807) is 36.3 Å². The summed E-state index contributed by atoms with van der Waals surface area (Å²) < 4.78 is 18.9. The van der Waals surface area contributed by atoms with E-state index in [-0.39, 0.29) is 18.1 Å². The average Bonchev–Trinajstić information content (AvgIpc) is 3.09. The first-order valence-electron chi connectivity index (χ1n) is 8.21. The molecule has 4 nitrogen and oxygen atoms in total. The van der Waals surface area contributed by atoms with Gasteiger partial charge in [0.1, 0.15) is 5.82 Å². The Bertz CT molecular complexity index is 910. The monoisotopic (exact) mass is 372 g/mol. The van der Waals surface area contributed by atoms with Gasteiger partial charge in [-0.15, -0.1) is 0 Å². The molecule has 0 fully saturated rings. The van der Waals surface area contributed by atoms with Crippen molar-refractivity contribution in [3.8, 4) is 11.3 Å². The Labute approximate surface area is 156 Å². The fourth-order valence-corrected chi connectivity index (χ4v) is 2.84. The maximum atomic E-state index is 13.2. The molecule has 0 saturated carbocycles. The molecule has 1 amide bonds. The van der Waals surface area contributed by atoms with Crippen LogP contribution in [0.5, 0.6) is 0 Å². The SMILES string of the molecule is CN(Cc1cccc(F)c1)C(=O)CCc1ncc(-c2ccccc2Cl)o1. The van der Waals surface area contributed by atoms with Gasteiger partial charge in [0.25, 0.3) is 0 Å². The van der Waals surface area contributed by atoms with Crippen LogP contribution in [0, 0.1) is 5.82 Å². The van der Waals surface area contributed by atoms with Crippen molar-refractivity contribution in [2.75, 3.05) is 7.05 Å². The molecule has 134 valence electrons. The number of nitrogens with zero attached hydrogens (tertiary/aromatic N) is 2. The molecule has 0 aliphatic rings. The lowest BCUT2D eigenvalue weighted by Gasteiger charge is -2.17. The first-order chi connectivity index (χ1) is 12.5. The van der Waals surface area contributed by atoms with Crippen LogP contribution in [0.25, 0.3) is 11.3 Å². The van der Waals surface area contributed by atoms with Gasteiger partial charge < -0.3 is 9.32 Å². The van der Waals surface area contributed by atoms with E-state index in [2.05, 4.69) is 4.98 Å². The zero-order chi connectivity index (χ0) is 18.5. The van der Waals surface area contributed by atoms with E-state index in [0.29, 0.717) is 29.6 Å². The second-order valence-corrected chi connectivity index (χ2v) is 6.39. The Kier molecular flexibility index (Phi) is 5.68. The molecule has 1 aromatic heterocycles. The molecule has 0 aliphatic heterocycles. The standard InChI is InChI=1S/C20H18ClFN2O2/c1-24(13-14-5-4-6-15(22)11-14)20(25)10-9-19-23-12-18(26-19)16-7-2-3-8-17(16)21/h2-8,11-12H,9-10,13H2,1H3. The molecule has 6 heteroatoms. The van der Waals surface area contributed by atoms with E-state index in [0.717, 1.165) is 11.1 Å². The molecule has 0 N–H and O–H groups in total. The predicted molar refractivity (Wildman–Crippen MR) is 98.1 cm³/mol. The molecule has 0 unspecified atom stereocenters. The molecule has 26 heavy (non-hydrogen) atoms. The molecular weight excluding hydrogens is 355 g/mol. The fraction of sp³-hybridized carbons (Fsp3) is 0.200. The molecule has 3 rings (SSSR count). The van der Waals surface area contributed by atoms with Gasteiger partial charge in [0, 0.05) is 32.0 Å². The normalized spacial score (nSPS) is 10.7. The maximum absolute atomic E-state index is 13.2. The Hall–Kier alpha value is -2.66. The van der Waals surface area contributed by atoms with Crippen LogP contribution in [-0.4, -0.2) is 22.8 Å². The van der Waals surface area contributed by atoms with Crippen LogP contribution in [0.1, 0.15) is 17.9 Å². The summed E-state index contributed by atoms with van der Waals surface area (Å²) in [6, 6.07) is 13.6. The quantitative estimate of drug-likeness (QED) is 0.628. The lowest BCUT2D eigenvalue weighted by atomic mass is 10.2. The third-order valence-corrected chi connectivity index (χ3v) is 4.31. The molecule has 0 atom stereocenters. The van der Waals surface area contributed by atoms with Crippen LogP contribution >= 0.6 is 11.6 Å². The molecule has 0 radical (unpaired) electrons. The number of amides is 1. The van der Waals surface area contributed by atoms with Gasteiger partial charge in [0.2, 0.25) is 5.91 Å². The summed E-state index contributed by atoms with van der Waals surface area (Å²) in [5.74, 6) is 0.681. The third-order valence-electron chi connectivity index (χ3n) is 3.98. The summed E-state index contributed by atoms with van der Waals surface area (Å²) in [6.45, 7) is 0.354. The summed E-state index contributed by atoms with van der Waals surface area (Å²) in [4.78, 5) is 18.1. The summed E-state index contributed by atoms with van der Waals surface area (Å²) in [5.41, 5.74) is 1.51. The van der Waals surface area contributed by atoms with Crippen molar-refractivity contribution < 1.29 is 13.6 Å². The van der Waals surface area contributed by atoms with E-state index < -0.39 is 0 Å². The topological polar surface area (TPSA) is 46.3 Å². The minimum absolute atomic E-state index is 0.0632. The number of carbonyl (C=O) groups excluding carboxylic acids is 1. The Morgan fingerprint density at radius 2 is 2.04 bits per heavy atom. The summed E-state index contributed by atoms with van der Waals surface area (Å²) in [6.07, 6.45) is 2.25. The summed E-state index contributed by atoms with van der Waals surface area (Å²) in [7, 11) is 1.69. The van der Waals surface area contributed by atoms with Gasteiger partial charge in [-0.05, 0) is 29.8 Å². The second kappa shape index (κ2) is 8.15. The van der Waals surface area contributed by atoms with Gasteiger partial charge in [-0.25, -0.2) is 9.37 Å². The van der Waals surface area contributed by atoms with Gasteiger partial charge in [0.05, 0.1) is 11.2 Å². The molecule has 0 bridgehead atoms. The van der Waals surface area contributed by atoms with E-state index in [4.69, 9.17) is 16.0 Å². The van der Waals surface area contributed by atoms with Gasteiger partial charge >= 0.3 is 0 Å². The highest BCUT2D eigenvalue weighted by molar-refractivity contribution is 6.33. The maximum Gasteiger partial charge on any atom is 0.223 e. The van der Waals surface area contributed by atoms with Crippen LogP contribution in [-0.2, 0) is 17.8 Å². The Morgan fingerprint density at radius 1 is 1.23 bits per heavy atom. The van der Waals surface area contributed by atoms with Crippen LogP contribution in [0.15, 0.2) is 59.1 Å². The summed E-state index contributed by atoms with van der Waals surface area (Å²) in [5, 5.41) is 0.584. The number of hydrogen-bond donors (Lipinski definition) is 0. The number of oxazole rings is 1. The number of benzene rings is 2. The van der Waals surface area contributed by atoms with Gasteiger partial charge in [0.15, 0.2) is 11.7 Å². The van der Waals surface area contributed by atoms with E-state index >= 15 is 0 Å². The molecule has 1 heterocycles. The van der Waals surface area contributed by atoms with E-state index in [1.807, 2.05) is 18.2 Å². The Balaban J connectivity index is 1.57. The zero-order valence-electron chi connectivity index (χ0n) is 14.3. The molecule has 0 saturated heterocycles. The molecule has 2 aromatic carbocycles. The van der Waals surface area contributed by atoms with Crippen LogP contribution in [0.4, 0.5) is 4.39 Å². The average molecular weight is 373 g/mol. The highest BCUT2D eigenvalue weighted by atomic mass is 35.5. The Morgan fingerprint density at radius 3 is 2.81 bits per heavy atom. The molecule has 3 aromatic rings. The van der Waals surface area contributed by atoms with Crippen molar-refractivity contribution in [1.29, 1.82) is 0 Å². The molecule has 0 spiro atoms. The van der Waals surface area contributed by atoms with E-state index in [9.17, 15) is 9.18 Å². The van der Waals surface area contributed by atoms with Crippen molar-refractivity contribution >= 4 is 17.5 Å². The third kappa shape index (κ3) is 4.49. The first kappa shape index (κ1) is 18.1. The van der Waals surface area contributed by atoms with Crippen LogP contribution in [0.3, 0.4) is 0 Å². The first-order valence-corrected chi connectivity index (χ1v) is 8.59. The zero-order valence-corrected chi connectivity index (χ0v) is 15.0. The van der Waals surface area contributed by atoms with E-state index in [1.165, 1.54) is 12.1 Å². The van der Waals surface area contributed by atoms with Gasteiger partial charge in [-0.1, -0.05) is 35.9 Å².